The van der Waals surface area contributed by atoms with E-state index < -0.39 is 0 Å². The summed E-state index contributed by atoms with van der Waals surface area (Å²) >= 11 is 0. The van der Waals surface area contributed by atoms with E-state index in [0.29, 0.717) is 11.5 Å². The lowest BCUT2D eigenvalue weighted by atomic mass is 10.1. The van der Waals surface area contributed by atoms with Crippen LogP contribution in [0, 0.1) is 13.8 Å². The van der Waals surface area contributed by atoms with Crippen LogP contribution in [-0.4, -0.2) is 20.1 Å². The quantitative estimate of drug-likeness (QED) is 0.850. The molecule has 120 valence electrons. The zero-order chi connectivity index (χ0) is 16.8. The standard InChI is InChI=1S/C19H21NO3/c1-13-8-9-14(2)16(12-13)20-18(21)11-10-15-6-5-7-17(22-3)19(15)23-4/h5-12H,1-4H3,(H,20,21)/b11-10+. The highest BCUT2D eigenvalue weighted by atomic mass is 16.5. The lowest BCUT2D eigenvalue weighted by Gasteiger charge is -2.10. The van der Waals surface area contributed by atoms with Crippen LogP contribution >= 0.6 is 0 Å². The largest absolute Gasteiger partial charge is 0.493 e. The molecule has 0 saturated heterocycles. The van der Waals surface area contributed by atoms with Gasteiger partial charge in [-0.05, 0) is 43.2 Å². The van der Waals surface area contributed by atoms with E-state index in [1.165, 1.54) is 6.08 Å². The fourth-order valence-corrected chi connectivity index (χ4v) is 2.25. The number of para-hydroxylation sites is 1. The Kier molecular flexibility index (Phi) is 5.41. The fraction of sp³-hybridized carbons (Fsp3) is 0.211. The number of nitrogens with one attached hydrogen (secondary N) is 1. The Morgan fingerprint density at radius 3 is 2.57 bits per heavy atom. The maximum Gasteiger partial charge on any atom is 0.248 e. The maximum atomic E-state index is 12.1. The number of ether oxygens (including phenoxy) is 2. The summed E-state index contributed by atoms with van der Waals surface area (Å²) in [6.07, 6.45) is 3.20. The van der Waals surface area contributed by atoms with Crippen molar-refractivity contribution in [1.29, 1.82) is 0 Å². The molecule has 2 rings (SSSR count). The highest BCUT2D eigenvalue weighted by Gasteiger charge is 2.07. The van der Waals surface area contributed by atoms with Crippen molar-refractivity contribution in [1.82, 2.24) is 0 Å². The monoisotopic (exact) mass is 311 g/mol. The first kappa shape index (κ1) is 16.6. The molecule has 0 unspecified atom stereocenters. The van der Waals surface area contributed by atoms with E-state index in [9.17, 15) is 4.79 Å². The Morgan fingerprint density at radius 1 is 1.09 bits per heavy atom. The molecule has 0 heterocycles. The number of hydrogen-bond acceptors (Lipinski definition) is 3. The molecular formula is C19H21NO3. The van der Waals surface area contributed by atoms with Gasteiger partial charge in [0, 0.05) is 17.3 Å². The normalized spacial score (nSPS) is 10.6. The molecule has 0 saturated carbocycles. The van der Waals surface area contributed by atoms with Crippen LogP contribution in [0.5, 0.6) is 11.5 Å². The molecule has 0 atom stereocenters. The predicted molar refractivity (Wildman–Crippen MR) is 93.1 cm³/mol. The zero-order valence-corrected chi connectivity index (χ0v) is 13.8. The van der Waals surface area contributed by atoms with E-state index in [4.69, 9.17) is 9.47 Å². The van der Waals surface area contributed by atoms with Crippen molar-refractivity contribution < 1.29 is 14.3 Å². The van der Waals surface area contributed by atoms with Crippen LogP contribution in [0.4, 0.5) is 5.69 Å². The van der Waals surface area contributed by atoms with Crippen LogP contribution < -0.4 is 14.8 Å². The van der Waals surface area contributed by atoms with Crippen LogP contribution in [0.15, 0.2) is 42.5 Å². The average Bonchev–Trinajstić information content (AvgIpc) is 2.55. The van der Waals surface area contributed by atoms with Gasteiger partial charge < -0.3 is 14.8 Å². The van der Waals surface area contributed by atoms with Crippen molar-refractivity contribution in [3.63, 3.8) is 0 Å². The number of methoxy groups -OCH3 is 2. The van der Waals surface area contributed by atoms with Crippen molar-refractivity contribution in [3.05, 3.63) is 59.2 Å². The van der Waals surface area contributed by atoms with Gasteiger partial charge in [-0.2, -0.15) is 0 Å². The van der Waals surface area contributed by atoms with E-state index in [1.807, 2.05) is 50.2 Å². The number of anilines is 1. The summed E-state index contributed by atoms with van der Waals surface area (Å²) in [7, 11) is 3.16. The highest BCUT2D eigenvalue weighted by molar-refractivity contribution is 6.02. The van der Waals surface area contributed by atoms with Gasteiger partial charge >= 0.3 is 0 Å². The molecule has 2 aromatic rings. The minimum atomic E-state index is -0.191. The summed E-state index contributed by atoms with van der Waals surface area (Å²) in [4.78, 5) is 12.1. The van der Waals surface area contributed by atoms with Crippen molar-refractivity contribution in [2.75, 3.05) is 19.5 Å². The Hall–Kier alpha value is -2.75. The molecule has 0 bridgehead atoms. The van der Waals surface area contributed by atoms with Crippen LogP contribution in [0.1, 0.15) is 16.7 Å². The first-order valence-electron chi connectivity index (χ1n) is 7.32. The van der Waals surface area contributed by atoms with Crippen LogP contribution in [0.25, 0.3) is 6.08 Å². The fourth-order valence-electron chi connectivity index (χ4n) is 2.25. The Bertz CT molecular complexity index is 735. The molecule has 4 heteroatoms. The van der Waals surface area contributed by atoms with Gasteiger partial charge in [0.25, 0.3) is 0 Å². The number of carbonyl (C=O) groups is 1. The van der Waals surface area contributed by atoms with E-state index >= 15 is 0 Å². The second kappa shape index (κ2) is 7.49. The van der Waals surface area contributed by atoms with Crippen LogP contribution in [0.2, 0.25) is 0 Å². The number of carbonyl (C=O) groups excluding carboxylic acids is 1. The summed E-state index contributed by atoms with van der Waals surface area (Å²) in [5.41, 5.74) is 3.72. The molecule has 1 amide bonds. The van der Waals surface area contributed by atoms with Gasteiger partial charge in [-0.1, -0.05) is 24.3 Å². The number of amides is 1. The van der Waals surface area contributed by atoms with Crippen molar-refractivity contribution in [3.8, 4) is 11.5 Å². The molecule has 0 aliphatic rings. The minimum absolute atomic E-state index is 0.191. The number of rotatable bonds is 5. The van der Waals surface area contributed by atoms with E-state index in [-0.39, 0.29) is 5.91 Å². The van der Waals surface area contributed by atoms with Crippen molar-refractivity contribution >= 4 is 17.7 Å². The molecule has 23 heavy (non-hydrogen) atoms. The first-order valence-corrected chi connectivity index (χ1v) is 7.32. The van der Waals surface area contributed by atoms with Crippen LogP contribution in [0.3, 0.4) is 0 Å². The third kappa shape index (κ3) is 4.13. The Morgan fingerprint density at radius 2 is 1.87 bits per heavy atom. The second-order valence-electron chi connectivity index (χ2n) is 5.22. The summed E-state index contributed by atoms with van der Waals surface area (Å²) in [5.74, 6) is 1.04. The Balaban J connectivity index is 2.17. The van der Waals surface area contributed by atoms with E-state index in [1.54, 1.807) is 20.3 Å². The van der Waals surface area contributed by atoms with Crippen molar-refractivity contribution in [2.24, 2.45) is 0 Å². The average molecular weight is 311 g/mol. The summed E-state index contributed by atoms with van der Waals surface area (Å²) in [5, 5.41) is 2.89. The molecule has 4 nitrogen and oxygen atoms in total. The lowest BCUT2D eigenvalue weighted by molar-refractivity contribution is -0.111. The molecule has 0 radical (unpaired) electrons. The topological polar surface area (TPSA) is 47.6 Å². The molecule has 0 aliphatic heterocycles. The highest BCUT2D eigenvalue weighted by Crippen LogP contribution is 2.31. The van der Waals surface area contributed by atoms with Gasteiger partial charge in [0.05, 0.1) is 14.2 Å². The maximum absolute atomic E-state index is 12.1. The predicted octanol–water partition coefficient (Wildman–Crippen LogP) is 3.97. The molecule has 2 aromatic carbocycles. The zero-order valence-electron chi connectivity index (χ0n) is 13.8. The van der Waals surface area contributed by atoms with Gasteiger partial charge in [-0.15, -0.1) is 0 Å². The first-order chi connectivity index (χ1) is 11.0. The summed E-state index contributed by atoms with van der Waals surface area (Å²) in [6.45, 7) is 3.95. The van der Waals surface area contributed by atoms with Gasteiger partial charge in [0.15, 0.2) is 11.5 Å². The Labute approximate surface area is 136 Å². The molecule has 0 aromatic heterocycles. The van der Waals surface area contributed by atoms with E-state index in [2.05, 4.69) is 5.32 Å². The number of aryl methyl sites for hydroxylation is 2. The van der Waals surface area contributed by atoms with Crippen molar-refractivity contribution in [2.45, 2.75) is 13.8 Å². The number of hydrogen-bond donors (Lipinski definition) is 1. The lowest BCUT2D eigenvalue weighted by Crippen LogP contribution is -2.09. The second-order valence-corrected chi connectivity index (χ2v) is 5.22. The SMILES string of the molecule is COc1cccc(/C=C/C(=O)Nc2cc(C)ccc2C)c1OC. The van der Waals surface area contributed by atoms with Gasteiger partial charge in [0.1, 0.15) is 0 Å². The summed E-state index contributed by atoms with van der Waals surface area (Å²) < 4.78 is 10.6. The van der Waals surface area contributed by atoms with Gasteiger partial charge in [-0.25, -0.2) is 0 Å². The molecule has 1 N–H and O–H groups in total. The molecule has 0 aliphatic carbocycles. The van der Waals surface area contributed by atoms with Crippen LogP contribution in [-0.2, 0) is 4.79 Å². The number of benzene rings is 2. The van der Waals surface area contributed by atoms with E-state index in [0.717, 1.165) is 22.4 Å². The summed E-state index contributed by atoms with van der Waals surface area (Å²) in [6, 6.07) is 11.5. The van der Waals surface area contributed by atoms with Gasteiger partial charge in [0.2, 0.25) is 5.91 Å². The third-order valence-electron chi connectivity index (χ3n) is 3.50. The molecular weight excluding hydrogens is 290 g/mol. The molecule has 0 fully saturated rings. The third-order valence-corrected chi connectivity index (χ3v) is 3.50. The molecule has 0 spiro atoms. The van der Waals surface area contributed by atoms with Gasteiger partial charge in [-0.3, -0.25) is 4.79 Å². The smallest absolute Gasteiger partial charge is 0.248 e. The minimum Gasteiger partial charge on any atom is -0.493 e.